The van der Waals surface area contributed by atoms with Gasteiger partial charge in [-0.1, -0.05) is 30.3 Å². The smallest absolute Gasteiger partial charge is 0.291 e. The maximum Gasteiger partial charge on any atom is 0.291 e. The number of carboxylic acids is 1. The molecule has 31 heavy (non-hydrogen) atoms. The Hall–Kier alpha value is -3.59. The number of carbonyl (C=O) groups excluding carboxylic acids is 4. The van der Waals surface area contributed by atoms with Gasteiger partial charge < -0.3 is 20.5 Å². The molecular weight excluding hydrogens is 405 g/mol. The number of fused-ring (bicyclic) bond motifs is 4. The van der Waals surface area contributed by atoms with Crippen LogP contribution < -0.4 is 20.6 Å². The van der Waals surface area contributed by atoms with E-state index in [4.69, 9.17) is 0 Å². The van der Waals surface area contributed by atoms with Gasteiger partial charge in [0, 0.05) is 18.0 Å². The predicted octanol–water partition coefficient (Wildman–Crippen LogP) is -0.745. The molecular formula is C22H18FN3O5. The first-order valence-electron chi connectivity index (χ1n) is 9.95. The number of nitrogens with two attached hydrogens (primary N) is 1. The largest absolute Gasteiger partial charge is 0.550 e. The summed E-state index contributed by atoms with van der Waals surface area (Å²) >= 11 is 0. The summed E-state index contributed by atoms with van der Waals surface area (Å²) < 4.78 is 14.5. The number of rotatable bonds is 4. The summed E-state index contributed by atoms with van der Waals surface area (Å²) in [6.45, 7) is 0. The van der Waals surface area contributed by atoms with Crippen LogP contribution in [-0.2, 0) is 24.7 Å². The molecule has 2 fully saturated rings. The molecule has 0 aliphatic carbocycles. The van der Waals surface area contributed by atoms with Crippen LogP contribution in [0.25, 0.3) is 0 Å². The molecule has 1 spiro atoms. The Labute approximate surface area is 176 Å². The summed E-state index contributed by atoms with van der Waals surface area (Å²) in [5.74, 6) is -5.82. The quantitative estimate of drug-likeness (QED) is 0.627. The summed E-state index contributed by atoms with van der Waals surface area (Å²) in [7, 11) is 0. The second-order valence-corrected chi connectivity index (χ2v) is 8.08. The number of benzene rings is 2. The first-order chi connectivity index (χ1) is 14.9. The molecule has 0 bridgehead atoms. The number of carboxylic acid groups (broad SMARTS) is 1. The Balaban J connectivity index is 1.66. The van der Waals surface area contributed by atoms with Crippen molar-refractivity contribution in [1.29, 1.82) is 0 Å². The molecule has 0 radical (unpaired) electrons. The number of hydrogen-bond acceptors (Lipinski definition) is 5. The van der Waals surface area contributed by atoms with E-state index in [1.165, 1.54) is 18.2 Å². The van der Waals surface area contributed by atoms with Crippen LogP contribution in [0, 0.1) is 17.7 Å². The molecule has 8 nitrogen and oxygen atoms in total. The lowest BCUT2D eigenvalue weighted by Crippen LogP contribution is -2.99. The average molecular weight is 423 g/mol. The van der Waals surface area contributed by atoms with Crippen molar-refractivity contribution >= 4 is 35.1 Å². The minimum absolute atomic E-state index is 0.0326. The summed E-state index contributed by atoms with van der Waals surface area (Å²) in [4.78, 5) is 52.1. The second kappa shape index (κ2) is 6.71. The first kappa shape index (κ1) is 19.4. The van der Waals surface area contributed by atoms with Crippen LogP contribution in [0.1, 0.15) is 18.4 Å². The van der Waals surface area contributed by atoms with E-state index in [2.05, 4.69) is 5.32 Å². The summed E-state index contributed by atoms with van der Waals surface area (Å²) in [5.41, 5.74) is -0.507. The van der Waals surface area contributed by atoms with Crippen molar-refractivity contribution in [3.63, 3.8) is 0 Å². The third-order valence-electron chi connectivity index (χ3n) is 6.55. The van der Waals surface area contributed by atoms with Crippen molar-refractivity contribution < 1.29 is 34.0 Å². The number of halogens is 1. The fourth-order valence-corrected chi connectivity index (χ4v) is 5.34. The minimum atomic E-state index is -1.43. The van der Waals surface area contributed by atoms with Crippen molar-refractivity contribution in [3.8, 4) is 0 Å². The topological polar surface area (TPSA) is 123 Å². The molecule has 3 heterocycles. The third kappa shape index (κ3) is 2.56. The Kier molecular flexibility index (Phi) is 4.19. The van der Waals surface area contributed by atoms with Gasteiger partial charge in [0.2, 0.25) is 17.4 Å². The summed E-state index contributed by atoms with van der Waals surface area (Å²) in [6, 6.07) is 11.7. The highest BCUT2D eigenvalue weighted by molar-refractivity contribution is 6.25. The second-order valence-electron chi connectivity index (χ2n) is 8.08. The highest BCUT2D eigenvalue weighted by atomic mass is 19.1. The Bertz CT molecular complexity index is 1150. The van der Waals surface area contributed by atoms with Crippen molar-refractivity contribution in [3.05, 3.63) is 59.9 Å². The fourth-order valence-electron chi connectivity index (χ4n) is 5.34. The van der Waals surface area contributed by atoms with Gasteiger partial charge in [-0.3, -0.25) is 14.4 Å². The van der Waals surface area contributed by atoms with Crippen LogP contribution >= 0.6 is 0 Å². The van der Waals surface area contributed by atoms with E-state index in [-0.39, 0.29) is 18.5 Å². The molecule has 0 aromatic heterocycles. The Morgan fingerprint density at radius 3 is 2.55 bits per heavy atom. The van der Waals surface area contributed by atoms with Gasteiger partial charge in [-0.25, -0.2) is 9.29 Å². The van der Waals surface area contributed by atoms with Crippen LogP contribution in [0.3, 0.4) is 0 Å². The number of amides is 3. The van der Waals surface area contributed by atoms with Gasteiger partial charge in [0.25, 0.3) is 5.91 Å². The zero-order valence-electron chi connectivity index (χ0n) is 16.2. The normalized spacial score (nSPS) is 28.7. The maximum absolute atomic E-state index is 14.5. The molecule has 0 unspecified atom stereocenters. The summed E-state index contributed by atoms with van der Waals surface area (Å²) in [5, 5.41) is 15.5. The van der Waals surface area contributed by atoms with E-state index in [9.17, 15) is 28.7 Å². The van der Waals surface area contributed by atoms with E-state index >= 15 is 0 Å². The van der Waals surface area contributed by atoms with Crippen molar-refractivity contribution in [1.82, 2.24) is 0 Å². The number of nitrogens with zero attached hydrogens (tertiary/aromatic N) is 1. The number of nitrogens with one attached hydrogen (secondary N) is 1. The first-order valence-corrected chi connectivity index (χ1v) is 9.95. The van der Waals surface area contributed by atoms with Gasteiger partial charge in [0.15, 0.2) is 0 Å². The van der Waals surface area contributed by atoms with Crippen molar-refractivity contribution in [2.75, 3.05) is 10.2 Å². The van der Waals surface area contributed by atoms with Crippen LogP contribution in [0.4, 0.5) is 15.8 Å². The van der Waals surface area contributed by atoms with E-state index in [1.807, 2.05) is 0 Å². The lowest BCUT2D eigenvalue weighted by molar-refractivity contribution is -0.733. The van der Waals surface area contributed by atoms with Gasteiger partial charge in [-0.15, -0.1) is 0 Å². The molecule has 2 saturated heterocycles. The SMILES string of the molecule is O=C([O-])CC[C@@H]1[NH2+][C@]2(C(=O)Nc3ccccc32)[C@@H]2C(=O)N(c3ccccc3F)C(=O)[C@H]12. The van der Waals surface area contributed by atoms with Gasteiger partial charge in [-0.05, 0) is 24.6 Å². The number of carbonyl (C=O) groups is 4. The lowest BCUT2D eigenvalue weighted by Gasteiger charge is -2.26. The monoisotopic (exact) mass is 423 g/mol. The van der Waals surface area contributed by atoms with Gasteiger partial charge in [0.05, 0.1) is 11.4 Å². The number of hydrogen-bond donors (Lipinski definition) is 2. The van der Waals surface area contributed by atoms with E-state index in [1.54, 1.807) is 29.6 Å². The molecule has 3 aliphatic rings. The van der Waals surface area contributed by atoms with E-state index in [0.29, 0.717) is 11.3 Å². The van der Waals surface area contributed by atoms with Crippen LogP contribution in [0.15, 0.2) is 48.5 Å². The van der Waals surface area contributed by atoms with E-state index < -0.39 is 52.9 Å². The number of imide groups is 1. The standard InChI is InChI=1S/C22H18FN3O5/c23-12-6-2-4-8-15(12)26-19(29)17-14(9-10-16(27)28)25-22(18(17)20(26)30)11-5-1-3-7-13(11)24-21(22)31/h1-8,14,17-18,25H,9-10H2,(H,24,31)(H,27,28)/t14-,17+,18-,22-/m0/s1. The summed E-state index contributed by atoms with van der Waals surface area (Å²) in [6.07, 6.45) is -0.296. The molecule has 9 heteroatoms. The number of anilines is 2. The van der Waals surface area contributed by atoms with Crippen molar-refractivity contribution in [2.45, 2.75) is 24.4 Å². The molecule has 4 atom stereocenters. The Morgan fingerprint density at radius 1 is 1.10 bits per heavy atom. The number of quaternary nitrogens is 1. The Morgan fingerprint density at radius 2 is 1.81 bits per heavy atom. The fraction of sp³-hybridized carbons (Fsp3) is 0.273. The lowest BCUT2D eigenvalue weighted by atomic mass is 9.76. The molecule has 5 rings (SSSR count). The average Bonchev–Trinajstić information content (AvgIpc) is 3.32. The molecule has 158 valence electrons. The van der Waals surface area contributed by atoms with Gasteiger partial charge in [0.1, 0.15) is 23.7 Å². The zero-order valence-corrected chi connectivity index (χ0v) is 16.2. The molecule has 2 aromatic rings. The highest BCUT2D eigenvalue weighted by Crippen LogP contribution is 2.50. The van der Waals surface area contributed by atoms with Crippen LogP contribution in [-0.4, -0.2) is 29.7 Å². The molecule has 3 aliphatic heterocycles. The molecule has 0 saturated carbocycles. The third-order valence-corrected chi connectivity index (χ3v) is 6.55. The molecule has 3 amide bonds. The zero-order chi connectivity index (χ0) is 21.9. The van der Waals surface area contributed by atoms with Gasteiger partial charge >= 0.3 is 0 Å². The highest BCUT2D eigenvalue weighted by Gasteiger charge is 2.74. The minimum Gasteiger partial charge on any atom is -0.550 e. The predicted molar refractivity (Wildman–Crippen MR) is 103 cm³/mol. The van der Waals surface area contributed by atoms with Crippen LogP contribution in [0.5, 0.6) is 0 Å². The van der Waals surface area contributed by atoms with Crippen LogP contribution in [0.2, 0.25) is 0 Å². The van der Waals surface area contributed by atoms with Crippen molar-refractivity contribution in [2.24, 2.45) is 11.8 Å². The number of aliphatic carboxylic acids is 1. The number of para-hydroxylation sites is 2. The molecule has 3 N–H and O–H groups in total. The molecule has 2 aromatic carbocycles. The maximum atomic E-state index is 14.5. The van der Waals surface area contributed by atoms with Gasteiger partial charge in [-0.2, -0.15) is 0 Å². The van der Waals surface area contributed by atoms with E-state index in [0.717, 1.165) is 11.0 Å².